The number of carbonyl (C=O) groups excluding carboxylic acids is 1. The second-order valence-corrected chi connectivity index (χ2v) is 4.92. The smallest absolute Gasteiger partial charge is 0.248 e. The van der Waals surface area contributed by atoms with E-state index in [-0.39, 0.29) is 11.7 Å². The van der Waals surface area contributed by atoms with E-state index in [0.717, 1.165) is 6.42 Å². The molecule has 1 atom stereocenters. The minimum atomic E-state index is -1.73. The van der Waals surface area contributed by atoms with Crippen LogP contribution in [0.3, 0.4) is 0 Å². The van der Waals surface area contributed by atoms with Crippen molar-refractivity contribution in [3.63, 3.8) is 0 Å². The quantitative estimate of drug-likeness (QED) is 0.663. The van der Waals surface area contributed by atoms with E-state index in [1.807, 2.05) is 13.8 Å². The molecule has 0 amide bonds. The third-order valence-corrected chi connectivity index (χ3v) is 2.18. The highest BCUT2D eigenvalue weighted by Gasteiger charge is 2.30. The van der Waals surface area contributed by atoms with Crippen molar-refractivity contribution >= 4 is 40.6 Å². The number of hydrogen-bond acceptors (Lipinski definition) is 1. The molecule has 0 rings (SSSR count). The Morgan fingerprint density at radius 2 is 1.91 bits per heavy atom. The van der Waals surface area contributed by atoms with Gasteiger partial charge in [0.15, 0.2) is 5.78 Å². The van der Waals surface area contributed by atoms with Crippen molar-refractivity contribution in [1.29, 1.82) is 0 Å². The summed E-state index contributed by atoms with van der Waals surface area (Å²) in [5.41, 5.74) is 0. The van der Waals surface area contributed by atoms with Crippen molar-refractivity contribution in [2.45, 2.75) is 30.5 Å². The molecule has 1 unspecified atom stereocenters. The fraction of sp³-hybridized carbons (Fsp3) is 0.857. The average molecular weight is 218 g/mol. The first-order valence-electron chi connectivity index (χ1n) is 3.48. The van der Waals surface area contributed by atoms with Crippen LogP contribution in [0.15, 0.2) is 0 Å². The van der Waals surface area contributed by atoms with Crippen molar-refractivity contribution in [3.05, 3.63) is 0 Å². The van der Waals surface area contributed by atoms with Crippen LogP contribution in [0.1, 0.15) is 26.7 Å². The van der Waals surface area contributed by atoms with E-state index in [9.17, 15) is 4.79 Å². The average Bonchev–Trinajstić information content (AvgIpc) is 1.85. The summed E-state index contributed by atoms with van der Waals surface area (Å²) in [6.45, 7) is 3.95. The Morgan fingerprint density at radius 1 is 1.45 bits per heavy atom. The van der Waals surface area contributed by atoms with Crippen LogP contribution in [0.25, 0.3) is 0 Å². The highest BCUT2D eigenvalue weighted by atomic mass is 35.6. The number of hydrogen-bond donors (Lipinski definition) is 0. The van der Waals surface area contributed by atoms with Crippen molar-refractivity contribution in [2.24, 2.45) is 5.92 Å². The minimum Gasteiger partial charge on any atom is -0.295 e. The Balaban J connectivity index is 3.88. The van der Waals surface area contributed by atoms with Crippen LogP contribution in [0.4, 0.5) is 0 Å². The van der Waals surface area contributed by atoms with Gasteiger partial charge in [-0.1, -0.05) is 55.1 Å². The second-order valence-electron chi connectivity index (χ2n) is 2.64. The van der Waals surface area contributed by atoms with E-state index in [1.165, 1.54) is 0 Å². The number of alkyl halides is 3. The summed E-state index contributed by atoms with van der Waals surface area (Å²) in [5.74, 6) is -0.0324. The molecule has 0 aliphatic heterocycles. The van der Waals surface area contributed by atoms with Crippen LogP contribution in [0.5, 0.6) is 0 Å². The van der Waals surface area contributed by atoms with Crippen molar-refractivity contribution < 1.29 is 4.79 Å². The summed E-state index contributed by atoms with van der Waals surface area (Å²) in [7, 11) is 0. The van der Waals surface area contributed by atoms with Gasteiger partial charge in [0.1, 0.15) is 0 Å². The van der Waals surface area contributed by atoms with Gasteiger partial charge in [-0.15, -0.1) is 0 Å². The molecular formula is C7H11Cl3O. The summed E-state index contributed by atoms with van der Waals surface area (Å²) in [5, 5.41) is 0. The lowest BCUT2D eigenvalue weighted by molar-refractivity contribution is -0.119. The molecule has 0 aromatic carbocycles. The number of halogens is 3. The zero-order valence-corrected chi connectivity index (χ0v) is 8.80. The van der Waals surface area contributed by atoms with E-state index in [1.54, 1.807) is 0 Å². The first kappa shape index (κ1) is 11.5. The largest absolute Gasteiger partial charge is 0.295 e. The van der Waals surface area contributed by atoms with Gasteiger partial charge in [-0.3, -0.25) is 4.79 Å². The lowest BCUT2D eigenvalue weighted by Crippen LogP contribution is -2.20. The summed E-state index contributed by atoms with van der Waals surface area (Å²) < 4.78 is -1.73. The van der Waals surface area contributed by atoms with Crippen molar-refractivity contribution in [2.75, 3.05) is 0 Å². The van der Waals surface area contributed by atoms with E-state index < -0.39 is 3.79 Å². The fourth-order valence-electron chi connectivity index (χ4n) is 0.577. The van der Waals surface area contributed by atoms with Crippen molar-refractivity contribution in [3.8, 4) is 0 Å². The van der Waals surface area contributed by atoms with E-state index >= 15 is 0 Å². The van der Waals surface area contributed by atoms with E-state index in [0.29, 0.717) is 6.42 Å². The molecule has 0 aromatic rings. The Labute approximate surface area is 82.0 Å². The first-order valence-corrected chi connectivity index (χ1v) is 4.61. The Bertz CT molecular complexity index is 139. The van der Waals surface area contributed by atoms with Crippen LogP contribution < -0.4 is 0 Å². The second kappa shape index (κ2) is 4.54. The zero-order valence-electron chi connectivity index (χ0n) is 6.53. The van der Waals surface area contributed by atoms with Crippen LogP contribution >= 0.6 is 34.8 Å². The molecule has 0 N–H and O–H groups in total. The standard InChI is InChI=1S/C7H11Cl3O/c1-3-5(2)4-6(11)7(8,9)10/h5H,3-4H2,1-2H3. The van der Waals surface area contributed by atoms with Gasteiger partial charge in [0.05, 0.1) is 0 Å². The molecule has 1 nitrogen and oxygen atoms in total. The molecule has 0 heterocycles. The molecule has 0 saturated heterocycles. The number of ketones is 1. The van der Waals surface area contributed by atoms with Gasteiger partial charge in [-0.05, 0) is 5.92 Å². The van der Waals surface area contributed by atoms with Crippen LogP contribution in [0, 0.1) is 5.92 Å². The topological polar surface area (TPSA) is 17.1 Å². The van der Waals surface area contributed by atoms with Crippen molar-refractivity contribution in [1.82, 2.24) is 0 Å². The van der Waals surface area contributed by atoms with Gasteiger partial charge in [0.25, 0.3) is 0 Å². The molecule has 0 aliphatic rings. The molecule has 0 fully saturated rings. The molecule has 0 saturated carbocycles. The molecule has 4 heteroatoms. The Morgan fingerprint density at radius 3 is 2.18 bits per heavy atom. The fourth-order valence-corrected chi connectivity index (χ4v) is 0.808. The lowest BCUT2D eigenvalue weighted by atomic mass is 10.0. The minimum absolute atomic E-state index is 0.290. The molecule has 66 valence electrons. The summed E-state index contributed by atoms with van der Waals surface area (Å²) >= 11 is 16.1. The molecule has 0 radical (unpaired) electrons. The third kappa shape index (κ3) is 4.89. The number of rotatable bonds is 3. The summed E-state index contributed by atoms with van der Waals surface area (Å²) in [6.07, 6.45) is 1.26. The SMILES string of the molecule is CCC(C)CC(=O)C(Cl)(Cl)Cl. The van der Waals surface area contributed by atoms with Gasteiger partial charge < -0.3 is 0 Å². The maximum Gasteiger partial charge on any atom is 0.248 e. The first-order chi connectivity index (χ1) is 4.88. The molecule has 11 heavy (non-hydrogen) atoms. The van der Waals surface area contributed by atoms with Gasteiger partial charge in [-0.25, -0.2) is 0 Å². The summed E-state index contributed by atoms with van der Waals surface area (Å²) in [6, 6.07) is 0. The maximum atomic E-state index is 11.0. The van der Waals surface area contributed by atoms with Crippen LogP contribution in [-0.2, 0) is 4.79 Å². The van der Waals surface area contributed by atoms with Crippen LogP contribution in [-0.4, -0.2) is 9.58 Å². The molecule has 0 aliphatic carbocycles. The van der Waals surface area contributed by atoms with Gasteiger partial charge in [0.2, 0.25) is 3.79 Å². The Hall–Kier alpha value is 0.540. The third-order valence-electron chi connectivity index (χ3n) is 1.55. The zero-order chi connectivity index (χ0) is 9.07. The predicted molar refractivity (Wildman–Crippen MR) is 49.4 cm³/mol. The highest BCUT2D eigenvalue weighted by Crippen LogP contribution is 2.29. The van der Waals surface area contributed by atoms with Crippen LogP contribution in [0.2, 0.25) is 0 Å². The van der Waals surface area contributed by atoms with Gasteiger partial charge >= 0.3 is 0 Å². The van der Waals surface area contributed by atoms with Gasteiger partial charge in [0, 0.05) is 6.42 Å². The molecular weight excluding hydrogens is 206 g/mol. The molecule has 0 bridgehead atoms. The number of carbonyl (C=O) groups is 1. The van der Waals surface area contributed by atoms with Gasteiger partial charge in [-0.2, -0.15) is 0 Å². The lowest BCUT2D eigenvalue weighted by Gasteiger charge is -2.12. The van der Waals surface area contributed by atoms with E-state index in [2.05, 4.69) is 0 Å². The molecule has 0 aromatic heterocycles. The highest BCUT2D eigenvalue weighted by molar-refractivity contribution is 6.76. The normalized spacial score (nSPS) is 14.6. The maximum absolute atomic E-state index is 11.0. The monoisotopic (exact) mass is 216 g/mol. The molecule has 0 spiro atoms. The number of Topliss-reactive ketones (excluding diaryl/α,β-unsaturated/α-hetero) is 1. The Kier molecular flexibility index (Phi) is 4.76. The summed E-state index contributed by atoms with van der Waals surface area (Å²) in [4.78, 5) is 11.0. The van der Waals surface area contributed by atoms with E-state index in [4.69, 9.17) is 34.8 Å². The predicted octanol–water partition coefficient (Wildman–Crippen LogP) is 3.36.